The molecule has 6 N–H and O–H groups in total. The number of ether oxygens (including phenoxy) is 1. The van der Waals surface area contributed by atoms with Gasteiger partial charge in [-0.1, -0.05) is 66.7 Å². The van der Waals surface area contributed by atoms with Crippen LogP contribution < -0.4 is 21.5 Å². The number of nitrogens with zero attached hydrogens (tertiary/aromatic N) is 1. The summed E-state index contributed by atoms with van der Waals surface area (Å²) in [4.78, 5) is 40.4. The Balaban J connectivity index is 0.909. The van der Waals surface area contributed by atoms with Gasteiger partial charge >= 0.3 is 6.09 Å². The van der Waals surface area contributed by atoms with E-state index in [-0.39, 0.29) is 29.9 Å². The number of aromatic hydroxyl groups is 1. The van der Waals surface area contributed by atoms with Gasteiger partial charge in [0.05, 0.1) is 44.5 Å². The molecule has 0 spiro atoms. The van der Waals surface area contributed by atoms with E-state index in [2.05, 4.69) is 47.2 Å². The molecule has 1 atom stereocenters. The molecule has 294 valence electrons. The Kier molecular flexibility index (Phi) is 12.0. The van der Waals surface area contributed by atoms with Gasteiger partial charge in [0.1, 0.15) is 11.9 Å². The number of aromatic nitrogens is 1. The predicted octanol–water partition coefficient (Wildman–Crippen LogP) is 7.63. The van der Waals surface area contributed by atoms with Crippen molar-refractivity contribution in [1.29, 1.82) is 0 Å². The molecule has 11 nitrogen and oxygen atoms in total. The van der Waals surface area contributed by atoms with E-state index < -0.39 is 12.2 Å². The molecule has 1 aliphatic heterocycles. The highest BCUT2D eigenvalue weighted by Crippen LogP contribution is 2.31. The Morgan fingerprint density at radius 3 is 2.42 bits per heavy atom. The molecule has 7 rings (SSSR count). The highest BCUT2D eigenvalue weighted by molar-refractivity contribution is 5.95. The number of hydrogen-bond donors (Lipinski definition) is 6. The van der Waals surface area contributed by atoms with E-state index in [1.54, 1.807) is 12.1 Å². The van der Waals surface area contributed by atoms with Gasteiger partial charge in [-0.2, -0.15) is 0 Å². The summed E-state index contributed by atoms with van der Waals surface area (Å²) in [7, 11) is 4.40. The van der Waals surface area contributed by atoms with Crippen LogP contribution in [-0.4, -0.2) is 71.5 Å². The van der Waals surface area contributed by atoms with Crippen molar-refractivity contribution in [3.05, 3.63) is 136 Å². The fourth-order valence-electron chi connectivity index (χ4n) is 7.54. The van der Waals surface area contributed by atoms with Crippen LogP contribution in [0.3, 0.4) is 0 Å². The van der Waals surface area contributed by atoms with Crippen molar-refractivity contribution in [1.82, 2.24) is 10.3 Å². The predicted molar refractivity (Wildman–Crippen MR) is 225 cm³/mol. The average molecular weight is 769 g/mol. The van der Waals surface area contributed by atoms with Crippen LogP contribution in [0.4, 0.5) is 16.2 Å². The number of H-pyrrole nitrogens is 1. The molecule has 11 heteroatoms. The summed E-state index contributed by atoms with van der Waals surface area (Å²) < 4.78 is 6.77. The molecule has 0 bridgehead atoms. The van der Waals surface area contributed by atoms with E-state index in [0.717, 1.165) is 69.1 Å². The summed E-state index contributed by atoms with van der Waals surface area (Å²) in [5, 5.41) is 33.0. The third-order valence-corrected chi connectivity index (χ3v) is 10.8. The van der Waals surface area contributed by atoms with E-state index >= 15 is 0 Å². The topological polar surface area (TPSA) is 153 Å². The summed E-state index contributed by atoms with van der Waals surface area (Å²) in [5.41, 5.74) is 5.96. The molecule has 0 unspecified atom stereocenters. The number of carbonyl (C=O) groups excluding carboxylic acids is 2. The lowest BCUT2D eigenvalue weighted by Crippen LogP contribution is -2.48. The van der Waals surface area contributed by atoms with Crippen LogP contribution in [0, 0.1) is 0 Å². The lowest BCUT2D eigenvalue weighted by Gasteiger charge is -2.36. The van der Waals surface area contributed by atoms with Crippen LogP contribution in [0.15, 0.2) is 114 Å². The Labute approximate surface area is 331 Å². The molecule has 0 saturated carbocycles. The van der Waals surface area contributed by atoms with Crippen molar-refractivity contribution in [2.24, 2.45) is 0 Å². The highest BCUT2D eigenvalue weighted by atomic mass is 16.6. The first kappa shape index (κ1) is 39.2. The number of anilines is 2. The normalized spacial score (nSPS) is 14.6. The van der Waals surface area contributed by atoms with E-state index in [1.807, 2.05) is 72.8 Å². The zero-order chi connectivity index (χ0) is 39.9. The van der Waals surface area contributed by atoms with Gasteiger partial charge < -0.3 is 35.1 Å². The lowest BCUT2D eigenvalue weighted by atomic mass is 9.99. The summed E-state index contributed by atoms with van der Waals surface area (Å²) in [6.07, 6.45) is 1.94. The molecule has 1 aliphatic rings. The Morgan fingerprint density at radius 1 is 0.860 bits per heavy atom. The second-order valence-corrected chi connectivity index (χ2v) is 15.6. The minimum atomic E-state index is -0.852. The number of amides is 2. The van der Waals surface area contributed by atoms with Crippen LogP contribution in [-0.2, 0) is 22.5 Å². The van der Waals surface area contributed by atoms with Crippen molar-refractivity contribution >= 4 is 45.1 Å². The van der Waals surface area contributed by atoms with Crippen LogP contribution in [0.5, 0.6) is 5.75 Å². The molecule has 5 aromatic carbocycles. The Morgan fingerprint density at radius 2 is 1.61 bits per heavy atom. The third kappa shape index (κ3) is 10.1. The van der Waals surface area contributed by atoms with Crippen LogP contribution in [0.1, 0.15) is 48.5 Å². The van der Waals surface area contributed by atoms with Crippen molar-refractivity contribution in [3.8, 4) is 16.9 Å². The molecule has 6 aromatic rings. The van der Waals surface area contributed by atoms with Crippen molar-refractivity contribution < 1.29 is 29.0 Å². The number of aliphatic hydroxyl groups excluding tert-OH is 1. The number of quaternary nitrogens is 1. The van der Waals surface area contributed by atoms with Crippen LogP contribution in [0.2, 0.25) is 0 Å². The molecule has 0 radical (unpaired) electrons. The number of nitrogens with one attached hydrogen (secondary N) is 4. The van der Waals surface area contributed by atoms with Gasteiger partial charge in [-0.15, -0.1) is 0 Å². The number of likely N-dealkylation sites (tertiary alicyclic amines) is 1. The van der Waals surface area contributed by atoms with Gasteiger partial charge in [-0.25, -0.2) is 4.79 Å². The number of fused-ring (bicyclic) bond motifs is 2. The largest absolute Gasteiger partial charge is 0.506 e. The number of aliphatic hydroxyl groups is 1. The number of hydrogen-bond acceptors (Lipinski definition) is 7. The first-order valence-corrected chi connectivity index (χ1v) is 19.5. The molecular formula is C46H50N5O6+. The number of rotatable bonds is 13. The number of carbonyl (C=O) groups is 2. The third-order valence-electron chi connectivity index (χ3n) is 10.8. The second kappa shape index (κ2) is 17.4. The Hall–Kier alpha value is -6.01. The highest BCUT2D eigenvalue weighted by Gasteiger charge is 2.28. The van der Waals surface area contributed by atoms with E-state index in [1.165, 1.54) is 12.1 Å². The number of aryl methyl sites for hydroxylation is 1. The number of aromatic amines is 1. The van der Waals surface area contributed by atoms with Crippen LogP contribution in [0.25, 0.3) is 32.8 Å². The van der Waals surface area contributed by atoms with Gasteiger partial charge in [-0.05, 0) is 82.3 Å². The van der Waals surface area contributed by atoms with Crippen molar-refractivity contribution in [2.75, 3.05) is 44.4 Å². The van der Waals surface area contributed by atoms with Gasteiger partial charge in [0, 0.05) is 55.1 Å². The number of piperidine rings is 1. The zero-order valence-corrected chi connectivity index (χ0v) is 32.4. The number of phenols is 1. The minimum Gasteiger partial charge on any atom is -0.506 e. The summed E-state index contributed by atoms with van der Waals surface area (Å²) in [6.45, 7) is 2.74. The number of phenolic OH excluding ortho intramolecular Hbond substituents is 1. The van der Waals surface area contributed by atoms with Crippen LogP contribution >= 0.6 is 0 Å². The molecule has 2 heterocycles. The SMILES string of the molecule is C[N+]1(C)CCC(OC(=O)Nc2cc(CCCC(=O)Nc3ccc4cc(CNC[C@H](O)c5ccc(O)c6[nH]c(=O)ccc56)ccc4c3)ccc2-c2ccccc2)CC1. The standard InChI is InChI=1S/C46H49N5O6/c1-51(2)23-21-36(22-24-51)57-46(56)49-40-26-30(12-16-37(40)32-8-4-3-5-9-32)7-6-10-43(54)48-35-15-14-33-25-31(11-13-34(33)27-35)28-47-29-42(53)38-17-19-41(52)45-39(38)18-20-44(55)50-45/h3-5,8-9,11-20,25-27,36,42,47,53H,6-7,10,21-24,28-29H2,1-2H3,(H3-,48,49,50,52,54,55,56)/p+1/t42-/m0/s1. The number of benzene rings is 5. The van der Waals surface area contributed by atoms with Gasteiger partial charge in [0.2, 0.25) is 11.5 Å². The quantitative estimate of drug-likeness (QED) is 0.0661. The molecular weight excluding hydrogens is 719 g/mol. The van der Waals surface area contributed by atoms with E-state index in [0.29, 0.717) is 48.0 Å². The maximum Gasteiger partial charge on any atom is 0.411 e. The summed E-state index contributed by atoms with van der Waals surface area (Å²) >= 11 is 0. The van der Waals surface area contributed by atoms with Crippen molar-refractivity contribution in [3.63, 3.8) is 0 Å². The first-order valence-electron chi connectivity index (χ1n) is 19.5. The van der Waals surface area contributed by atoms with E-state index in [9.17, 15) is 24.6 Å². The summed E-state index contributed by atoms with van der Waals surface area (Å²) in [6, 6.07) is 34.0. The zero-order valence-electron chi connectivity index (χ0n) is 32.4. The Bertz CT molecular complexity index is 2440. The molecule has 2 amide bonds. The maximum absolute atomic E-state index is 13.1. The molecule has 57 heavy (non-hydrogen) atoms. The fraction of sp³-hybridized carbons (Fsp3) is 0.283. The van der Waals surface area contributed by atoms with Gasteiger partial charge in [0.25, 0.3) is 0 Å². The lowest BCUT2D eigenvalue weighted by molar-refractivity contribution is -0.896. The van der Waals surface area contributed by atoms with Gasteiger partial charge in [0.15, 0.2) is 0 Å². The molecule has 1 aromatic heterocycles. The first-order chi connectivity index (χ1) is 27.5. The monoisotopic (exact) mass is 768 g/mol. The fourth-order valence-corrected chi connectivity index (χ4v) is 7.54. The number of pyridine rings is 1. The summed E-state index contributed by atoms with van der Waals surface area (Å²) in [5.74, 6) is -0.118. The average Bonchev–Trinajstić information content (AvgIpc) is 3.19. The molecule has 1 fully saturated rings. The molecule has 1 saturated heterocycles. The van der Waals surface area contributed by atoms with Gasteiger partial charge in [-0.3, -0.25) is 14.9 Å². The molecule has 0 aliphatic carbocycles. The second-order valence-electron chi connectivity index (χ2n) is 15.6. The van der Waals surface area contributed by atoms with E-state index in [4.69, 9.17) is 4.74 Å². The smallest absolute Gasteiger partial charge is 0.411 e. The van der Waals surface area contributed by atoms with Crippen molar-refractivity contribution in [2.45, 2.75) is 50.9 Å². The minimum absolute atomic E-state index is 0.0471. The maximum atomic E-state index is 13.1.